The van der Waals surface area contributed by atoms with Crippen LogP contribution in [-0.2, 0) is 6.42 Å². The SMILES string of the molecule is Cl.NCCc1ccccc1[N+](=O)[O-]. The number of nitro benzene ring substituents is 1. The van der Waals surface area contributed by atoms with E-state index in [4.69, 9.17) is 5.73 Å². The second-order valence-electron chi connectivity index (χ2n) is 2.42. The maximum Gasteiger partial charge on any atom is 0.272 e. The summed E-state index contributed by atoms with van der Waals surface area (Å²) in [5, 5.41) is 10.5. The largest absolute Gasteiger partial charge is 0.330 e. The Bertz CT molecular complexity index is 291. The fourth-order valence-electron chi connectivity index (χ4n) is 1.06. The van der Waals surface area contributed by atoms with Crippen molar-refractivity contribution in [3.05, 3.63) is 39.9 Å². The lowest BCUT2D eigenvalue weighted by Crippen LogP contribution is -2.04. The van der Waals surface area contributed by atoms with Gasteiger partial charge in [0.05, 0.1) is 4.92 Å². The van der Waals surface area contributed by atoms with Crippen LogP contribution in [0.4, 0.5) is 5.69 Å². The molecular weight excluding hydrogens is 192 g/mol. The van der Waals surface area contributed by atoms with Crippen LogP contribution in [0.25, 0.3) is 0 Å². The molecule has 0 aliphatic rings. The van der Waals surface area contributed by atoms with Gasteiger partial charge < -0.3 is 5.73 Å². The van der Waals surface area contributed by atoms with Crippen molar-refractivity contribution in [3.63, 3.8) is 0 Å². The molecule has 0 fully saturated rings. The third-order valence-corrected chi connectivity index (χ3v) is 1.60. The van der Waals surface area contributed by atoms with Crippen LogP contribution >= 0.6 is 12.4 Å². The van der Waals surface area contributed by atoms with Crippen LogP contribution in [0.3, 0.4) is 0 Å². The Morgan fingerprint density at radius 3 is 2.54 bits per heavy atom. The van der Waals surface area contributed by atoms with E-state index in [0.717, 1.165) is 0 Å². The number of hydrogen-bond acceptors (Lipinski definition) is 3. The van der Waals surface area contributed by atoms with Gasteiger partial charge in [-0.3, -0.25) is 10.1 Å². The number of benzene rings is 1. The van der Waals surface area contributed by atoms with Gasteiger partial charge in [0.15, 0.2) is 0 Å². The minimum Gasteiger partial charge on any atom is -0.330 e. The normalized spacial score (nSPS) is 9.00. The van der Waals surface area contributed by atoms with E-state index >= 15 is 0 Å². The summed E-state index contributed by atoms with van der Waals surface area (Å²) in [6.07, 6.45) is 0.553. The molecule has 5 heteroatoms. The highest BCUT2D eigenvalue weighted by Crippen LogP contribution is 2.17. The Balaban J connectivity index is 0.00000144. The van der Waals surface area contributed by atoms with Crippen molar-refractivity contribution in [2.24, 2.45) is 5.73 Å². The van der Waals surface area contributed by atoms with Gasteiger partial charge in [-0.05, 0) is 13.0 Å². The molecule has 0 saturated carbocycles. The fraction of sp³-hybridized carbons (Fsp3) is 0.250. The first-order valence-electron chi connectivity index (χ1n) is 3.68. The molecule has 0 heterocycles. The molecule has 0 unspecified atom stereocenters. The Morgan fingerprint density at radius 1 is 1.38 bits per heavy atom. The Labute approximate surface area is 82.3 Å². The van der Waals surface area contributed by atoms with E-state index in [-0.39, 0.29) is 23.0 Å². The van der Waals surface area contributed by atoms with Crippen molar-refractivity contribution in [1.29, 1.82) is 0 Å². The molecule has 0 radical (unpaired) electrons. The van der Waals surface area contributed by atoms with E-state index in [1.54, 1.807) is 18.2 Å². The van der Waals surface area contributed by atoms with Gasteiger partial charge in [0.1, 0.15) is 0 Å². The predicted octanol–water partition coefficient (Wildman–Crippen LogP) is 1.52. The summed E-state index contributed by atoms with van der Waals surface area (Å²) in [4.78, 5) is 10.1. The molecule has 1 rings (SSSR count). The van der Waals surface area contributed by atoms with Gasteiger partial charge in [0.25, 0.3) is 5.69 Å². The minimum atomic E-state index is -0.384. The molecule has 0 aliphatic heterocycles. The maximum absolute atomic E-state index is 10.5. The van der Waals surface area contributed by atoms with E-state index in [1.807, 2.05) is 0 Å². The predicted molar refractivity (Wildman–Crippen MR) is 53.1 cm³/mol. The molecule has 13 heavy (non-hydrogen) atoms. The second-order valence-corrected chi connectivity index (χ2v) is 2.42. The number of halogens is 1. The molecule has 0 aromatic heterocycles. The van der Waals surface area contributed by atoms with Crippen molar-refractivity contribution in [3.8, 4) is 0 Å². The summed E-state index contributed by atoms with van der Waals surface area (Å²) in [6, 6.07) is 6.64. The van der Waals surface area contributed by atoms with Crippen molar-refractivity contribution >= 4 is 18.1 Å². The average Bonchev–Trinajstić information content (AvgIpc) is 2.05. The van der Waals surface area contributed by atoms with Crippen LogP contribution in [-0.4, -0.2) is 11.5 Å². The smallest absolute Gasteiger partial charge is 0.272 e. The zero-order valence-corrected chi connectivity index (χ0v) is 7.79. The van der Waals surface area contributed by atoms with E-state index in [2.05, 4.69) is 0 Å². The number of para-hydroxylation sites is 1. The molecule has 2 N–H and O–H groups in total. The number of nitrogens with zero attached hydrogens (tertiary/aromatic N) is 1. The van der Waals surface area contributed by atoms with Crippen molar-refractivity contribution in [2.45, 2.75) is 6.42 Å². The van der Waals surface area contributed by atoms with Gasteiger partial charge in [-0.1, -0.05) is 18.2 Å². The Hall–Kier alpha value is -1.13. The Morgan fingerprint density at radius 2 is 2.00 bits per heavy atom. The van der Waals surface area contributed by atoms with Crippen LogP contribution in [0, 0.1) is 10.1 Å². The van der Waals surface area contributed by atoms with Crippen molar-refractivity contribution in [1.82, 2.24) is 0 Å². The van der Waals surface area contributed by atoms with Crippen LogP contribution in [0.15, 0.2) is 24.3 Å². The average molecular weight is 203 g/mol. The van der Waals surface area contributed by atoms with Crippen LogP contribution < -0.4 is 5.73 Å². The van der Waals surface area contributed by atoms with Gasteiger partial charge >= 0.3 is 0 Å². The van der Waals surface area contributed by atoms with Crippen LogP contribution in [0.5, 0.6) is 0 Å². The summed E-state index contributed by atoms with van der Waals surface area (Å²) < 4.78 is 0. The fourth-order valence-corrected chi connectivity index (χ4v) is 1.06. The molecule has 1 aromatic carbocycles. The summed E-state index contributed by atoms with van der Waals surface area (Å²) in [6.45, 7) is 0.435. The molecule has 0 atom stereocenters. The highest BCUT2D eigenvalue weighted by Gasteiger charge is 2.10. The lowest BCUT2D eigenvalue weighted by atomic mass is 10.1. The molecule has 0 bridgehead atoms. The van der Waals surface area contributed by atoms with E-state index < -0.39 is 0 Å². The molecule has 0 saturated heterocycles. The van der Waals surface area contributed by atoms with E-state index in [0.29, 0.717) is 18.5 Å². The number of nitro groups is 1. The van der Waals surface area contributed by atoms with Crippen molar-refractivity contribution in [2.75, 3.05) is 6.54 Å². The van der Waals surface area contributed by atoms with Gasteiger partial charge in [0, 0.05) is 11.6 Å². The van der Waals surface area contributed by atoms with Crippen molar-refractivity contribution < 1.29 is 4.92 Å². The third-order valence-electron chi connectivity index (χ3n) is 1.60. The molecule has 72 valence electrons. The monoisotopic (exact) mass is 202 g/mol. The van der Waals surface area contributed by atoms with Gasteiger partial charge in [-0.2, -0.15) is 0 Å². The first-order chi connectivity index (χ1) is 5.75. The molecule has 0 spiro atoms. The van der Waals surface area contributed by atoms with Gasteiger partial charge in [-0.15, -0.1) is 12.4 Å². The van der Waals surface area contributed by atoms with E-state index in [1.165, 1.54) is 6.07 Å². The second kappa shape index (κ2) is 5.50. The molecule has 0 aliphatic carbocycles. The highest BCUT2D eigenvalue weighted by molar-refractivity contribution is 5.85. The van der Waals surface area contributed by atoms with Gasteiger partial charge in [0.2, 0.25) is 0 Å². The molecule has 0 amide bonds. The first kappa shape index (κ1) is 11.9. The third kappa shape index (κ3) is 3.01. The minimum absolute atomic E-state index is 0. The topological polar surface area (TPSA) is 69.2 Å². The molecule has 4 nitrogen and oxygen atoms in total. The van der Waals surface area contributed by atoms with E-state index in [9.17, 15) is 10.1 Å². The summed E-state index contributed by atoms with van der Waals surface area (Å²) >= 11 is 0. The quantitative estimate of drug-likeness (QED) is 0.597. The number of rotatable bonds is 3. The number of hydrogen-bond donors (Lipinski definition) is 1. The Kier molecular flexibility index (Phi) is 5.03. The van der Waals surface area contributed by atoms with Crippen LogP contribution in [0.2, 0.25) is 0 Å². The lowest BCUT2D eigenvalue weighted by molar-refractivity contribution is -0.385. The zero-order valence-electron chi connectivity index (χ0n) is 6.97. The first-order valence-corrected chi connectivity index (χ1v) is 3.68. The summed E-state index contributed by atoms with van der Waals surface area (Å²) in [5.41, 5.74) is 6.16. The highest BCUT2D eigenvalue weighted by atomic mass is 35.5. The standard InChI is InChI=1S/C8H10N2O2.ClH/c9-6-5-7-3-1-2-4-8(7)10(11)12;/h1-4H,5-6,9H2;1H. The van der Waals surface area contributed by atoms with Crippen LogP contribution in [0.1, 0.15) is 5.56 Å². The summed E-state index contributed by atoms with van der Waals surface area (Å²) in [7, 11) is 0. The van der Waals surface area contributed by atoms with Gasteiger partial charge in [-0.25, -0.2) is 0 Å². The molecule has 1 aromatic rings. The zero-order chi connectivity index (χ0) is 8.97. The summed E-state index contributed by atoms with van der Waals surface area (Å²) in [5.74, 6) is 0. The maximum atomic E-state index is 10.5. The lowest BCUT2D eigenvalue weighted by Gasteiger charge is -1.98. The molecular formula is C8H11ClN2O2. The number of nitrogens with two attached hydrogens (primary N) is 1.